The molecule has 2 aromatic carbocycles. The van der Waals surface area contributed by atoms with E-state index in [1.165, 1.54) is 24.3 Å². The molecule has 10 nitrogen and oxygen atoms in total. The summed E-state index contributed by atoms with van der Waals surface area (Å²) in [4.78, 5) is 37.9. The topological polar surface area (TPSA) is 137 Å². The van der Waals surface area contributed by atoms with Crippen molar-refractivity contribution < 1.29 is 27.8 Å². The van der Waals surface area contributed by atoms with E-state index in [0.29, 0.717) is 24.9 Å². The predicted octanol–water partition coefficient (Wildman–Crippen LogP) is 8.37. The summed E-state index contributed by atoms with van der Waals surface area (Å²) >= 11 is 0. The van der Waals surface area contributed by atoms with Gasteiger partial charge in [0.25, 0.3) is 11.8 Å². The number of rotatable bonds is 8. The molecule has 0 unspecified atom stereocenters. The molecule has 2 aromatic heterocycles. The van der Waals surface area contributed by atoms with Crippen molar-refractivity contribution in [1.29, 1.82) is 0 Å². The second-order valence-corrected chi connectivity index (χ2v) is 19.9. The third kappa shape index (κ3) is 11.1. The number of aromatic nitrogens is 2. The molecule has 0 radical (unpaired) electrons. The van der Waals surface area contributed by atoms with Gasteiger partial charge in [0.1, 0.15) is 23.0 Å². The molecule has 6 heterocycles. The van der Waals surface area contributed by atoms with Gasteiger partial charge >= 0.3 is 0 Å². The molecule has 0 spiro atoms. The van der Waals surface area contributed by atoms with Gasteiger partial charge < -0.3 is 20.9 Å². The van der Waals surface area contributed by atoms with Gasteiger partial charge in [-0.3, -0.25) is 19.4 Å². The Balaban J connectivity index is 0.000000186. The standard InChI is InChI=1S/2C25H32FN3O2/c2*1-25(2,3)23-12-16(9-11-31-23)14-29-10-8-19-20(17-4-6-18(26)7-5-17)13-21(24(27)30)28-22(19)15-29/h2*4-7,13,16,23H,8-12,14-15H2,1-3H3,(H2,27,30)/t2*16-,23+/m10/s1. The summed E-state index contributed by atoms with van der Waals surface area (Å²) in [6, 6.07) is 16.3. The summed E-state index contributed by atoms with van der Waals surface area (Å²) in [6.07, 6.45) is 6.56. The van der Waals surface area contributed by atoms with Crippen molar-refractivity contribution in [3.63, 3.8) is 0 Å². The highest BCUT2D eigenvalue weighted by Gasteiger charge is 2.35. The Morgan fingerprint density at radius 2 is 1.02 bits per heavy atom. The lowest BCUT2D eigenvalue weighted by molar-refractivity contribution is -0.0714. The molecule has 4 aliphatic rings. The molecule has 4 atom stereocenters. The minimum Gasteiger partial charge on any atom is -0.378 e. The van der Waals surface area contributed by atoms with Crippen LogP contribution in [-0.2, 0) is 35.4 Å². The predicted molar refractivity (Wildman–Crippen MR) is 238 cm³/mol. The second-order valence-electron chi connectivity index (χ2n) is 19.9. The van der Waals surface area contributed by atoms with Gasteiger partial charge in [0, 0.05) is 52.5 Å². The number of carbonyl (C=O) groups excluding carboxylic acids is 2. The number of benzene rings is 2. The van der Waals surface area contributed by atoms with E-state index >= 15 is 0 Å². The lowest BCUT2D eigenvalue weighted by Crippen LogP contribution is -2.41. The fourth-order valence-corrected chi connectivity index (χ4v) is 9.53. The molecule has 4 N–H and O–H groups in total. The smallest absolute Gasteiger partial charge is 0.267 e. The average molecular weight is 851 g/mol. The van der Waals surface area contributed by atoms with Gasteiger partial charge in [-0.25, -0.2) is 18.7 Å². The van der Waals surface area contributed by atoms with E-state index < -0.39 is 11.8 Å². The zero-order valence-corrected chi connectivity index (χ0v) is 37.3. The molecule has 62 heavy (non-hydrogen) atoms. The van der Waals surface area contributed by atoms with Crippen molar-refractivity contribution in [2.75, 3.05) is 39.4 Å². The van der Waals surface area contributed by atoms with Crippen LogP contribution in [0.4, 0.5) is 8.78 Å². The molecule has 0 saturated carbocycles. The number of amides is 2. The molecule has 8 rings (SSSR count). The zero-order chi connectivity index (χ0) is 44.3. The first-order valence-electron chi connectivity index (χ1n) is 22.3. The van der Waals surface area contributed by atoms with Gasteiger partial charge in [0.2, 0.25) is 0 Å². The quantitative estimate of drug-likeness (QED) is 0.181. The Kier molecular flexibility index (Phi) is 13.9. The Labute approximate surface area is 365 Å². The number of halogens is 2. The van der Waals surface area contributed by atoms with Crippen molar-refractivity contribution in [3.05, 3.63) is 106 Å². The molecule has 332 valence electrons. The second kappa shape index (κ2) is 19.0. The van der Waals surface area contributed by atoms with Crippen LogP contribution in [0, 0.1) is 34.3 Å². The summed E-state index contributed by atoms with van der Waals surface area (Å²) in [7, 11) is 0. The average Bonchev–Trinajstić information content (AvgIpc) is 3.23. The first kappa shape index (κ1) is 45.4. The van der Waals surface area contributed by atoms with E-state index in [1.807, 2.05) is 0 Å². The van der Waals surface area contributed by atoms with Gasteiger partial charge in [-0.05, 0) is 131 Å². The summed E-state index contributed by atoms with van der Waals surface area (Å²) in [6.45, 7) is 20.4. The molecule has 2 amide bonds. The van der Waals surface area contributed by atoms with Crippen LogP contribution >= 0.6 is 0 Å². The fraction of sp³-hybridized carbons (Fsp3) is 0.520. The number of carbonyl (C=O) groups is 2. The van der Waals surface area contributed by atoms with Gasteiger partial charge in [0.15, 0.2) is 0 Å². The van der Waals surface area contributed by atoms with Crippen molar-refractivity contribution in [1.82, 2.24) is 19.8 Å². The number of fused-ring (bicyclic) bond motifs is 2. The maximum atomic E-state index is 13.4. The highest BCUT2D eigenvalue weighted by Crippen LogP contribution is 2.37. The van der Waals surface area contributed by atoms with E-state index in [9.17, 15) is 18.4 Å². The van der Waals surface area contributed by atoms with Gasteiger partial charge in [-0.2, -0.15) is 0 Å². The molecule has 4 aromatic rings. The number of pyridine rings is 2. The Bertz CT molecular complexity index is 2060. The number of hydrogen-bond donors (Lipinski definition) is 2. The normalized spacial score (nSPS) is 22.2. The number of ether oxygens (including phenoxy) is 2. The molecular weight excluding hydrogens is 787 g/mol. The maximum absolute atomic E-state index is 13.4. The minimum atomic E-state index is -0.541. The molecule has 2 saturated heterocycles. The molecular formula is C50H64F2N6O4. The van der Waals surface area contributed by atoms with Crippen LogP contribution < -0.4 is 11.5 Å². The number of primary amides is 2. The Hall–Kier alpha value is -4.62. The van der Waals surface area contributed by atoms with E-state index in [-0.39, 0.29) is 46.1 Å². The van der Waals surface area contributed by atoms with Crippen LogP contribution in [0.3, 0.4) is 0 Å². The fourth-order valence-electron chi connectivity index (χ4n) is 9.53. The van der Waals surface area contributed by atoms with Gasteiger partial charge in [-0.15, -0.1) is 0 Å². The summed E-state index contributed by atoms with van der Waals surface area (Å²) in [5.74, 6) is -0.455. The molecule has 0 bridgehead atoms. The van der Waals surface area contributed by atoms with Gasteiger partial charge in [0.05, 0.1) is 23.6 Å². The van der Waals surface area contributed by atoms with E-state index in [1.54, 1.807) is 36.4 Å². The van der Waals surface area contributed by atoms with Crippen LogP contribution in [-0.4, -0.2) is 83.2 Å². The SMILES string of the molecule is CC(C)(C)[C@@H]1C[C@H](CN2CCc3c(-c4ccc(F)cc4)cc(C(N)=O)nc3C2)CCO1.CC(C)(C)[C@H]1C[C@@H](CN2CCc3c(-c4ccc(F)cc4)cc(C(N)=O)nc3C2)CCO1. The number of nitrogens with two attached hydrogens (primary N) is 2. The molecule has 2 fully saturated rings. The van der Waals surface area contributed by atoms with Crippen LogP contribution in [0.5, 0.6) is 0 Å². The van der Waals surface area contributed by atoms with Gasteiger partial charge in [-0.1, -0.05) is 65.8 Å². The molecule has 0 aliphatic carbocycles. The highest BCUT2D eigenvalue weighted by atomic mass is 19.1. The van der Waals surface area contributed by atoms with Crippen molar-refractivity contribution in [2.24, 2.45) is 34.1 Å². The first-order valence-corrected chi connectivity index (χ1v) is 22.3. The van der Waals surface area contributed by atoms with Crippen LogP contribution in [0.15, 0.2) is 60.7 Å². The maximum Gasteiger partial charge on any atom is 0.267 e. The third-order valence-electron chi connectivity index (χ3n) is 13.1. The Morgan fingerprint density at radius 3 is 1.35 bits per heavy atom. The largest absolute Gasteiger partial charge is 0.378 e. The van der Waals surface area contributed by atoms with E-state index in [4.69, 9.17) is 20.9 Å². The van der Waals surface area contributed by atoms with Crippen LogP contribution in [0.25, 0.3) is 22.3 Å². The van der Waals surface area contributed by atoms with E-state index in [0.717, 1.165) is 123 Å². The Morgan fingerprint density at radius 1 is 0.645 bits per heavy atom. The van der Waals surface area contributed by atoms with E-state index in [2.05, 4.69) is 61.3 Å². The monoisotopic (exact) mass is 850 g/mol. The van der Waals surface area contributed by atoms with Crippen LogP contribution in [0.2, 0.25) is 0 Å². The molecule has 12 heteroatoms. The molecule has 4 aliphatic heterocycles. The number of hydrogen-bond acceptors (Lipinski definition) is 8. The third-order valence-corrected chi connectivity index (χ3v) is 13.1. The summed E-state index contributed by atoms with van der Waals surface area (Å²) in [5.41, 5.74) is 19.7. The van der Waals surface area contributed by atoms with Crippen molar-refractivity contribution >= 4 is 11.8 Å². The summed E-state index contributed by atoms with van der Waals surface area (Å²) in [5, 5.41) is 0. The van der Waals surface area contributed by atoms with Crippen molar-refractivity contribution in [3.8, 4) is 22.3 Å². The highest BCUT2D eigenvalue weighted by molar-refractivity contribution is 5.93. The zero-order valence-electron chi connectivity index (χ0n) is 37.3. The lowest BCUT2D eigenvalue weighted by Gasteiger charge is -2.40. The first-order chi connectivity index (χ1) is 29.4. The minimum absolute atomic E-state index is 0.148. The number of nitrogens with zero attached hydrogens (tertiary/aromatic N) is 4. The summed E-state index contributed by atoms with van der Waals surface area (Å²) < 4.78 is 38.9. The van der Waals surface area contributed by atoms with Crippen molar-refractivity contribution in [2.45, 2.75) is 105 Å². The lowest BCUT2D eigenvalue weighted by atomic mass is 9.80. The van der Waals surface area contributed by atoms with Crippen LogP contribution in [0.1, 0.15) is 111 Å².